The summed E-state index contributed by atoms with van der Waals surface area (Å²) in [4.78, 5) is 0. The number of para-hydroxylation sites is 2. The number of hydrogen-bond acceptors (Lipinski definition) is 3. The van der Waals surface area contributed by atoms with E-state index in [4.69, 9.17) is 13.6 Å². The van der Waals surface area contributed by atoms with Gasteiger partial charge < -0.3 is 13.6 Å². The molecule has 8 aromatic carbocycles. The third-order valence-electron chi connectivity index (χ3n) is 8.34. The highest BCUT2D eigenvalue weighted by Crippen LogP contribution is 2.52. The number of hydrogen-bond donors (Lipinski definition) is 0. The molecule has 0 fully saturated rings. The highest BCUT2D eigenvalue weighted by atomic mass is 31.2. The van der Waals surface area contributed by atoms with Crippen LogP contribution in [0.2, 0.25) is 0 Å². The van der Waals surface area contributed by atoms with Crippen LogP contribution >= 0.6 is 8.60 Å². The van der Waals surface area contributed by atoms with Gasteiger partial charge in [0.25, 0.3) is 0 Å². The summed E-state index contributed by atoms with van der Waals surface area (Å²) in [6.07, 6.45) is 0. The third-order valence-corrected chi connectivity index (χ3v) is 9.39. The highest BCUT2D eigenvalue weighted by molar-refractivity contribution is 7.43. The maximum Gasteiger partial charge on any atom is 0.530 e. The van der Waals surface area contributed by atoms with E-state index in [0.717, 1.165) is 54.9 Å². The van der Waals surface area contributed by atoms with Crippen molar-refractivity contribution in [1.82, 2.24) is 0 Å². The number of benzene rings is 8. The van der Waals surface area contributed by atoms with Crippen LogP contribution in [0.3, 0.4) is 0 Å². The second kappa shape index (κ2) is 13.5. The van der Waals surface area contributed by atoms with Crippen LogP contribution in [0.1, 0.15) is 0 Å². The molecule has 0 N–H and O–H groups in total. The first kappa shape index (κ1) is 29.5. The standard InChI is InChI=1S/C44H31O3P/c1-5-17-32(18-6-1)36-29-34-21-13-15-27-39(34)42(31-36)43-40-28-16-14-22-35(40)30-41(33-19-7-2-8-20-33)44(43)47-48(45-37-23-9-3-10-24-37)46-38-25-11-4-12-26-38/h1-31H. The lowest BCUT2D eigenvalue weighted by molar-refractivity contribution is 0.389. The Morgan fingerprint density at radius 2 is 0.812 bits per heavy atom. The van der Waals surface area contributed by atoms with Gasteiger partial charge in [-0.05, 0) is 86.3 Å². The van der Waals surface area contributed by atoms with Crippen molar-refractivity contribution in [3.63, 3.8) is 0 Å². The zero-order chi connectivity index (χ0) is 32.1. The second-order valence-corrected chi connectivity index (χ2v) is 12.4. The summed E-state index contributed by atoms with van der Waals surface area (Å²) in [5, 5.41) is 4.48. The fourth-order valence-electron chi connectivity index (χ4n) is 6.10. The van der Waals surface area contributed by atoms with Crippen LogP contribution in [0, 0.1) is 0 Å². The topological polar surface area (TPSA) is 27.7 Å². The first-order chi connectivity index (χ1) is 23.8. The molecule has 0 aliphatic heterocycles. The molecule has 0 aromatic heterocycles. The molecular formula is C44H31O3P. The fourth-order valence-corrected chi connectivity index (χ4v) is 7.14. The van der Waals surface area contributed by atoms with Crippen LogP contribution in [-0.4, -0.2) is 0 Å². The van der Waals surface area contributed by atoms with Crippen molar-refractivity contribution in [2.24, 2.45) is 0 Å². The number of rotatable bonds is 9. The van der Waals surface area contributed by atoms with E-state index in [1.54, 1.807) is 0 Å². The molecule has 0 unspecified atom stereocenters. The van der Waals surface area contributed by atoms with Crippen molar-refractivity contribution in [3.8, 4) is 50.6 Å². The highest BCUT2D eigenvalue weighted by Gasteiger charge is 2.27. The Balaban J connectivity index is 1.41. The predicted molar refractivity (Wildman–Crippen MR) is 199 cm³/mol. The molecule has 230 valence electrons. The lowest BCUT2D eigenvalue weighted by Crippen LogP contribution is -2.05. The molecule has 0 heterocycles. The Morgan fingerprint density at radius 3 is 1.42 bits per heavy atom. The van der Waals surface area contributed by atoms with E-state index in [9.17, 15) is 0 Å². The van der Waals surface area contributed by atoms with Gasteiger partial charge >= 0.3 is 8.60 Å². The maximum atomic E-state index is 7.12. The molecule has 0 aliphatic carbocycles. The van der Waals surface area contributed by atoms with Crippen LogP contribution < -0.4 is 13.6 Å². The minimum Gasteiger partial charge on any atom is -0.409 e. The van der Waals surface area contributed by atoms with Gasteiger partial charge in [0.15, 0.2) is 0 Å². The Kier molecular flexibility index (Phi) is 8.27. The minimum absolute atomic E-state index is 0.666. The van der Waals surface area contributed by atoms with Crippen molar-refractivity contribution >= 4 is 30.1 Å². The summed E-state index contributed by atoms with van der Waals surface area (Å²) < 4.78 is 20.2. The van der Waals surface area contributed by atoms with E-state index in [1.165, 1.54) is 0 Å². The second-order valence-electron chi connectivity index (χ2n) is 11.4. The van der Waals surface area contributed by atoms with Crippen molar-refractivity contribution in [2.45, 2.75) is 0 Å². The van der Waals surface area contributed by atoms with Gasteiger partial charge in [0, 0.05) is 11.1 Å². The molecule has 0 radical (unpaired) electrons. The Bertz CT molecular complexity index is 2270. The molecular weight excluding hydrogens is 607 g/mol. The number of fused-ring (bicyclic) bond motifs is 2. The van der Waals surface area contributed by atoms with Gasteiger partial charge in [-0.15, -0.1) is 0 Å². The van der Waals surface area contributed by atoms with E-state index >= 15 is 0 Å². The normalized spacial score (nSPS) is 11.1. The van der Waals surface area contributed by atoms with Gasteiger partial charge in [0.2, 0.25) is 0 Å². The molecule has 48 heavy (non-hydrogen) atoms. The summed E-state index contributed by atoms with van der Waals surface area (Å²) >= 11 is 0. The van der Waals surface area contributed by atoms with Crippen molar-refractivity contribution < 1.29 is 13.6 Å². The van der Waals surface area contributed by atoms with Crippen molar-refractivity contribution in [1.29, 1.82) is 0 Å². The zero-order valence-electron chi connectivity index (χ0n) is 26.1. The van der Waals surface area contributed by atoms with Gasteiger partial charge in [0.05, 0.1) is 0 Å². The smallest absolute Gasteiger partial charge is 0.409 e. The monoisotopic (exact) mass is 638 g/mol. The quantitative estimate of drug-likeness (QED) is 0.147. The van der Waals surface area contributed by atoms with Gasteiger partial charge in [-0.3, -0.25) is 0 Å². The third kappa shape index (κ3) is 6.12. The van der Waals surface area contributed by atoms with Gasteiger partial charge in [-0.25, -0.2) is 0 Å². The lowest BCUT2D eigenvalue weighted by Gasteiger charge is -2.24. The Hall–Kier alpha value is -5.89. The molecule has 0 aliphatic rings. The van der Waals surface area contributed by atoms with Crippen molar-refractivity contribution in [2.75, 3.05) is 0 Å². The molecule has 0 spiro atoms. The van der Waals surface area contributed by atoms with Crippen LogP contribution in [-0.2, 0) is 0 Å². The fraction of sp³-hybridized carbons (Fsp3) is 0. The van der Waals surface area contributed by atoms with E-state index in [2.05, 4.69) is 121 Å². The van der Waals surface area contributed by atoms with Gasteiger partial charge in [0.1, 0.15) is 17.2 Å². The minimum atomic E-state index is -1.95. The van der Waals surface area contributed by atoms with E-state index in [1.807, 2.05) is 66.7 Å². The predicted octanol–water partition coefficient (Wildman–Crippen LogP) is 12.8. The molecule has 0 saturated heterocycles. The van der Waals surface area contributed by atoms with E-state index in [0.29, 0.717) is 17.2 Å². The Labute approximate surface area is 281 Å². The first-order valence-electron chi connectivity index (χ1n) is 15.9. The molecule has 0 bridgehead atoms. The first-order valence-corrected chi connectivity index (χ1v) is 17.0. The molecule has 0 atom stereocenters. The molecule has 3 nitrogen and oxygen atoms in total. The summed E-state index contributed by atoms with van der Waals surface area (Å²) in [5.74, 6) is 2.03. The average Bonchev–Trinajstić information content (AvgIpc) is 3.15. The largest absolute Gasteiger partial charge is 0.530 e. The average molecular weight is 639 g/mol. The summed E-state index contributed by atoms with van der Waals surface area (Å²) in [7, 11) is -1.95. The van der Waals surface area contributed by atoms with Gasteiger partial charge in [-0.1, -0.05) is 146 Å². The summed E-state index contributed by atoms with van der Waals surface area (Å²) in [6, 6.07) is 64.2. The lowest BCUT2D eigenvalue weighted by atomic mass is 9.87. The zero-order valence-corrected chi connectivity index (χ0v) is 27.0. The van der Waals surface area contributed by atoms with E-state index in [-0.39, 0.29) is 0 Å². The molecule has 0 saturated carbocycles. The molecule has 4 heteroatoms. The van der Waals surface area contributed by atoms with Crippen LogP contribution in [0.4, 0.5) is 0 Å². The van der Waals surface area contributed by atoms with Crippen LogP contribution in [0.25, 0.3) is 54.9 Å². The Morgan fingerprint density at radius 1 is 0.333 bits per heavy atom. The summed E-state index contributed by atoms with van der Waals surface area (Å²) in [5.41, 5.74) is 6.34. The molecule has 8 aromatic rings. The van der Waals surface area contributed by atoms with E-state index < -0.39 is 8.60 Å². The molecule has 0 amide bonds. The van der Waals surface area contributed by atoms with Crippen LogP contribution in [0.5, 0.6) is 17.2 Å². The molecule has 8 rings (SSSR count). The summed E-state index contributed by atoms with van der Waals surface area (Å²) in [6.45, 7) is 0. The SMILES string of the molecule is c1ccc(OP(Oc2ccccc2)Oc2c(-c3ccccc3)cc3ccccc3c2-c2cc(-c3ccccc3)cc3ccccc23)cc1. The van der Waals surface area contributed by atoms with Crippen molar-refractivity contribution in [3.05, 3.63) is 188 Å². The van der Waals surface area contributed by atoms with Crippen LogP contribution in [0.15, 0.2) is 188 Å². The van der Waals surface area contributed by atoms with Gasteiger partial charge in [-0.2, -0.15) is 0 Å². The maximum absolute atomic E-state index is 7.12.